The molecule has 0 radical (unpaired) electrons. The van der Waals surface area contributed by atoms with Crippen LogP contribution in [0.5, 0.6) is 0 Å². The molecule has 1 aromatic heterocycles. The monoisotopic (exact) mass is 796 g/mol. The molecule has 2 amide bonds. The minimum atomic E-state index is -3.53. The van der Waals surface area contributed by atoms with Crippen LogP contribution < -0.4 is 9.80 Å². The van der Waals surface area contributed by atoms with E-state index >= 15 is 4.11 Å². The quantitative estimate of drug-likeness (QED) is 0.0599. The summed E-state index contributed by atoms with van der Waals surface area (Å²) in [5.74, 6) is -1.54. The van der Waals surface area contributed by atoms with E-state index in [1.54, 1.807) is 39.8 Å². The summed E-state index contributed by atoms with van der Waals surface area (Å²) in [5.41, 5.74) is 2.71. The zero-order chi connectivity index (χ0) is 40.5. The number of benzene rings is 5. The predicted molar refractivity (Wildman–Crippen MR) is 219 cm³/mol. The minimum Gasteiger partial charge on any atom is -0.395 e. The van der Waals surface area contributed by atoms with Gasteiger partial charge in [-0.1, -0.05) is 78.9 Å². The summed E-state index contributed by atoms with van der Waals surface area (Å²) < 4.78 is 25.0. The van der Waals surface area contributed by atoms with Crippen molar-refractivity contribution in [2.75, 3.05) is 16.4 Å². The molecule has 1 fully saturated rings. The molecule has 1 saturated heterocycles. The smallest absolute Gasteiger partial charge is 0.269 e. The van der Waals surface area contributed by atoms with Crippen LogP contribution in [0.4, 0.5) is 26.9 Å². The number of anilines is 3. The molecule has 1 spiro atoms. The summed E-state index contributed by atoms with van der Waals surface area (Å²) in [6.07, 6.45) is 1.36. The van der Waals surface area contributed by atoms with Gasteiger partial charge in [0.1, 0.15) is 0 Å². The average Bonchev–Trinajstić information content (AvgIpc) is 3.94. The molecule has 0 aliphatic carbocycles. The standard InChI is InChI=1S/C44H41FN6O6Si/c1-27-41(58(2,3)45)39(21-22-48-25-36(46-47-48)34(26-52)29-9-5-4-6-10-29)57-44(27)35-23-32(51(55)56)19-20-37(35)49(43(44)54)24-28-15-17-31(18-16-28)50-38-14-8-12-30-11-7-13-33(40(30)38)42(50)53/h4-20,23,25,27,34,39,41,52H,21-22,24,26H2,1-3H3/t27-,34?,39+,41-,44+/m1/s1. The first-order chi connectivity index (χ1) is 27.9. The number of non-ortho nitro benzene ring substituents is 1. The molecule has 3 aliphatic rings. The number of nitro groups is 1. The van der Waals surface area contributed by atoms with E-state index in [0.29, 0.717) is 41.2 Å². The summed E-state index contributed by atoms with van der Waals surface area (Å²) >= 11 is 0. The molecule has 6 aromatic rings. The maximum absolute atomic E-state index is 16.5. The Labute approximate surface area is 334 Å². The van der Waals surface area contributed by atoms with Gasteiger partial charge in [-0.2, -0.15) is 0 Å². The number of ether oxygens (including phenoxy) is 1. The van der Waals surface area contributed by atoms with Gasteiger partial charge >= 0.3 is 0 Å². The number of carbonyl (C=O) groups excluding carboxylic acids is 2. The Balaban J connectivity index is 1.01. The number of aliphatic hydroxyl groups is 1. The number of hydrogen-bond donors (Lipinski definition) is 1. The molecule has 0 saturated carbocycles. The number of amides is 2. The van der Waals surface area contributed by atoms with Crippen molar-refractivity contribution in [2.45, 2.75) is 62.7 Å². The van der Waals surface area contributed by atoms with E-state index in [0.717, 1.165) is 27.6 Å². The van der Waals surface area contributed by atoms with Crippen LogP contribution in [0.15, 0.2) is 115 Å². The van der Waals surface area contributed by atoms with Crippen molar-refractivity contribution in [3.05, 3.63) is 153 Å². The number of rotatable bonds is 11. The van der Waals surface area contributed by atoms with E-state index in [2.05, 4.69) is 10.3 Å². The first-order valence-electron chi connectivity index (χ1n) is 19.4. The predicted octanol–water partition coefficient (Wildman–Crippen LogP) is 8.17. The maximum atomic E-state index is 16.5. The van der Waals surface area contributed by atoms with Gasteiger partial charge in [0, 0.05) is 53.0 Å². The lowest BCUT2D eigenvalue weighted by molar-refractivity contribution is -0.385. The van der Waals surface area contributed by atoms with Crippen LogP contribution in [0.25, 0.3) is 10.8 Å². The summed E-state index contributed by atoms with van der Waals surface area (Å²) in [4.78, 5) is 43.4. The third kappa shape index (κ3) is 5.93. The molecule has 5 atom stereocenters. The fourth-order valence-corrected chi connectivity index (χ4v) is 12.1. The van der Waals surface area contributed by atoms with Crippen molar-refractivity contribution in [3.63, 3.8) is 0 Å². The molecule has 58 heavy (non-hydrogen) atoms. The van der Waals surface area contributed by atoms with Crippen molar-refractivity contribution in [3.8, 4) is 0 Å². The Morgan fingerprint density at radius 1 is 0.966 bits per heavy atom. The molecule has 5 aromatic carbocycles. The molecular formula is C44H41FN6O6Si. The van der Waals surface area contributed by atoms with Gasteiger partial charge in [-0.3, -0.25) is 29.3 Å². The Morgan fingerprint density at radius 3 is 2.41 bits per heavy atom. The lowest BCUT2D eigenvalue weighted by atomic mass is 9.82. The van der Waals surface area contributed by atoms with E-state index < -0.39 is 42.4 Å². The Kier molecular flexibility index (Phi) is 9.10. The topological polar surface area (TPSA) is 144 Å². The van der Waals surface area contributed by atoms with Gasteiger partial charge in [-0.15, -0.1) is 5.10 Å². The summed E-state index contributed by atoms with van der Waals surface area (Å²) in [5, 5.41) is 32.8. The second kappa shape index (κ2) is 14.1. The van der Waals surface area contributed by atoms with Gasteiger partial charge in [-0.05, 0) is 66.4 Å². The number of fused-ring (bicyclic) bond motifs is 2. The largest absolute Gasteiger partial charge is 0.395 e. The number of nitrogens with zero attached hydrogens (tertiary/aromatic N) is 6. The molecule has 9 rings (SSSR count). The van der Waals surface area contributed by atoms with Crippen LogP contribution in [-0.2, 0) is 28.2 Å². The summed E-state index contributed by atoms with van der Waals surface area (Å²) in [7, 11) is -3.53. The molecule has 3 aliphatic heterocycles. The van der Waals surface area contributed by atoms with Gasteiger partial charge < -0.3 is 18.9 Å². The molecule has 1 unspecified atom stereocenters. The molecule has 0 bridgehead atoms. The van der Waals surface area contributed by atoms with Gasteiger partial charge in [0.2, 0.25) is 8.41 Å². The van der Waals surface area contributed by atoms with Crippen molar-refractivity contribution < 1.29 is 28.5 Å². The normalized spacial score (nSPS) is 21.7. The number of carbonyl (C=O) groups is 2. The van der Waals surface area contributed by atoms with Crippen molar-refractivity contribution in [1.29, 1.82) is 0 Å². The average molecular weight is 797 g/mol. The number of aromatic nitrogens is 3. The van der Waals surface area contributed by atoms with E-state index in [9.17, 15) is 24.8 Å². The highest BCUT2D eigenvalue weighted by Gasteiger charge is 2.67. The zero-order valence-corrected chi connectivity index (χ0v) is 33.2. The second-order valence-electron chi connectivity index (χ2n) is 15.9. The van der Waals surface area contributed by atoms with Gasteiger partial charge in [0.15, 0.2) is 5.60 Å². The van der Waals surface area contributed by atoms with Crippen LogP contribution in [0.1, 0.15) is 52.0 Å². The first-order valence-corrected chi connectivity index (χ1v) is 22.3. The van der Waals surface area contributed by atoms with Gasteiger partial charge in [0.05, 0.1) is 52.7 Å². The highest BCUT2D eigenvalue weighted by atomic mass is 28.4. The molecular weight excluding hydrogens is 756 g/mol. The van der Waals surface area contributed by atoms with E-state index in [1.807, 2.05) is 97.9 Å². The minimum absolute atomic E-state index is 0.117. The first kappa shape index (κ1) is 37.5. The number of aliphatic hydroxyl groups excluding tert-OH is 1. The Morgan fingerprint density at radius 2 is 1.71 bits per heavy atom. The van der Waals surface area contributed by atoms with Crippen molar-refractivity contribution in [1.82, 2.24) is 15.0 Å². The SMILES string of the molecule is C[C@@H]1[C@@H]([Si](C)(C)F)[C@H](CCn2cc(C(CO)c3ccccc3)nn2)O[C@@]12C(=O)N(Cc1ccc(N3C(=O)c4cccc5cccc3c45)cc1)c1ccc([N+](=O)[O-])cc12. The third-order valence-corrected chi connectivity index (χ3v) is 14.6. The third-order valence-electron chi connectivity index (χ3n) is 12.2. The van der Waals surface area contributed by atoms with Crippen molar-refractivity contribution >= 4 is 53.7 Å². The van der Waals surface area contributed by atoms with Gasteiger partial charge in [-0.25, -0.2) is 0 Å². The molecule has 4 heterocycles. The number of halogens is 1. The maximum Gasteiger partial charge on any atom is 0.269 e. The molecule has 14 heteroatoms. The van der Waals surface area contributed by atoms with E-state index in [4.69, 9.17) is 4.74 Å². The fourth-order valence-electron chi connectivity index (χ4n) is 9.58. The van der Waals surface area contributed by atoms with Crippen LogP contribution in [-0.4, -0.2) is 58.0 Å². The number of hydrogen-bond acceptors (Lipinski definition) is 8. The van der Waals surface area contributed by atoms with Crippen LogP contribution in [0, 0.1) is 16.0 Å². The Hall–Kier alpha value is -6.09. The van der Waals surface area contributed by atoms with Crippen molar-refractivity contribution in [2.24, 2.45) is 5.92 Å². The highest BCUT2D eigenvalue weighted by molar-refractivity contribution is 6.72. The fraction of sp³-hybridized carbons (Fsp3) is 0.273. The zero-order valence-electron chi connectivity index (χ0n) is 32.2. The van der Waals surface area contributed by atoms with Crippen LogP contribution in [0.2, 0.25) is 18.6 Å². The molecule has 1 N–H and O–H groups in total. The summed E-state index contributed by atoms with van der Waals surface area (Å²) in [6, 6.07) is 32.8. The molecule has 294 valence electrons. The summed E-state index contributed by atoms with van der Waals surface area (Å²) in [6.45, 7) is 5.31. The van der Waals surface area contributed by atoms with Crippen LogP contribution >= 0.6 is 0 Å². The lowest BCUT2D eigenvalue weighted by Gasteiger charge is -2.31. The molecule has 12 nitrogen and oxygen atoms in total. The Bertz CT molecular complexity index is 2590. The van der Waals surface area contributed by atoms with Gasteiger partial charge in [0.25, 0.3) is 17.5 Å². The second-order valence-corrected chi connectivity index (χ2v) is 19.7. The lowest BCUT2D eigenvalue weighted by Crippen LogP contribution is -2.45. The van der Waals surface area contributed by atoms with Crippen LogP contribution in [0.3, 0.4) is 0 Å². The van der Waals surface area contributed by atoms with E-state index in [1.165, 1.54) is 12.1 Å². The highest BCUT2D eigenvalue weighted by Crippen LogP contribution is 2.61. The number of aryl methyl sites for hydroxylation is 1. The van der Waals surface area contributed by atoms with E-state index in [-0.39, 0.29) is 30.7 Å². The number of nitro benzene ring substituents is 1.